The summed E-state index contributed by atoms with van der Waals surface area (Å²) in [4.78, 5) is 1.38. The van der Waals surface area contributed by atoms with Gasteiger partial charge in [0, 0.05) is 17.2 Å². The Morgan fingerprint density at radius 3 is 2.62 bits per heavy atom. The highest BCUT2D eigenvalue weighted by Crippen LogP contribution is 2.28. The van der Waals surface area contributed by atoms with Crippen molar-refractivity contribution in [2.45, 2.75) is 30.6 Å². The van der Waals surface area contributed by atoms with Gasteiger partial charge in [0.15, 0.2) is 0 Å². The number of benzene rings is 1. The molecule has 0 amide bonds. The first kappa shape index (κ1) is 12.0. The molecule has 88 valence electrons. The highest BCUT2D eigenvalue weighted by atomic mass is 32.2. The minimum atomic E-state index is 1.04. The number of hydrogen-bond donors (Lipinski definition) is 1. The lowest BCUT2D eigenvalue weighted by Crippen LogP contribution is -2.23. The van der Waals surface area contributed by atoms with Crippen LogP contribution in [0.3, 0.4) is 0 Å². The molecule has 0 saturated heterocycles. The van der Waals surface area contributed by atoms with Gasteiger partial charge in [-0.3, -0.25) is 0 Å². The molecule has 16 heavy (non-hydrogen) atoms. The lowest BCUT2D eigenvalue weighted by atomic mass is 9.83. The van der Waals surface area contributed by atoms with Gasteiger partial charge in [0.05, 0.1) is 0 Å². The molecule has 1 saturated carbocycles. The molecular formula is C14H21NS. The van der Waals surface area contributed by atoms with Crippen LogP contribution in [-0.2, 0) is 0 Å². The Balaban J connectivity index is 1.45. The zero-order chi connectivity index (χ0) is 11.1. The van der Waals surface area contributed by atoms with Gasteiger partial charge in [-0.2, -0.15) is 0 Å². The van der Waals surface area contributed by atoms with Crippen LogP contribution < -0.4 is 5.32 Å². The van der Waals surface area contributed by atoms with Crippen molar-refractivity contribution in [3.63, 3.8) is 0 Å². The summed E-state index contributed by atoms with van der Waals surface area (Å²) in [5.74, 6) is 2.21. The Morgan fingerprint density at radius 2 is 1.94 bits per heavy atom. The Hall–Kier alpha value is -0.470. The molecule has 2 heteroatoms. The fourth-order valence-electron chi connectivity index (χ4n) is 1.97. The number of thioether (sulfide) groups is 1. The highest BCUT2D eigenvalue weighted by molar-refractivity contribution is 7.99. The molecule has 1 aliphatic rings. The molecule has 2 rings (SSSR count). The van der Waals surface area contributed by atoms with Crippen LogP contribution in [0.25, 0.3) is 0 Å². The molecule has 0 spiro atoms. The smallest absolute Gasteiger partial charge is 0.0106 e. The first-order chi connectivity index (χ1) is 7.95. The zero-order valence-corrected chi connectivity index (χ0v) is 10.6. The summed E-state index contributed by atoms with van der Waals surface area (Å²) in [5.41, 5.74) is 0. The molecule has 1 fully saturated rings. The number of nitrogens with one attached hydrogen (secondary N) is 1. The van der Waals surface area contributed by atoms with Crippen molar-refractivity contribution in [1.82, 2.24) is 5.32 Å². The molecule has 1 aromatic rings. The van der Waals surface area contributed by atoms with Gasteiger partial charge in [-0.05, 0) is 31.0 Å². The van der Waals surface area contributed by atoms with E-state index in [4.69, 9.17) is 0 Å². The second-order valence-corrected chi connectivity index (χ2v) is 5.67. The second kappa shape index (κ2) is 6.97. The van der Waals surface area contributed by atoms with Crippen LogP contribution >= 0.6 is 11.8 Å². The van der Waals surface area contributed by atoms with E-state index in [9.17, 15) is 0 Å². The van der Waals surface area contributed by atoms with E-state index < -0.39 is 0 Å². The summed E-state index contributed by atoms with van der Waals surface area (Å²) >= 11 is 1.94. The summed E-state index contributed by atoms with van der Waals surface area (Å²) in [6.07, 6.45) is 5.80. The predicted octanol–water partition coefficient (Wildman–Crippen LogP) is 3.56. The van der Waals surface area contributed by atoms with Crippen molar-refractivity contribution >= 4 is 11.8 Å². The largest absolute Gasteiger partial charge is 0.316 e. The molecule has 1 aromatic carbocycles. The third-order valence-electron chi connectivity index (χ3n) is 3.24. The van der Waals surface area contributed by atoms with Crippen LogP contribution in [0.4, 0.5) is 0 Å². The summed E-state index contributed by atoms with van der Waals surface area (Å²) in [5, 5.41) is 3.53. The first-order valence-electron chi connectivity index (χ1n) is 6.34. The number of hydrogen-bond acceptors (Lipinski definition) is 2. The SMILES string of the molecule is c1ccc(SCCNCCC2CCC2)cc1. The monoisotopic (exact) mass is 235 g/mol. The molecule has 1 N–H and O–H groups in total. The van der Waals surface area contributed by atoms with Crippen molar-refractivity contribution < 1.29 is 0 Å². The van der Waals surface area contributed by atoms with Gasteiger partial charge in [0.2, 0.25) is 0 Å². The summed E-state index contributed by atoms with van der Waals surface area (Å²) < 4.78 is 0. The molecule has 0 heterocycles. The maximum absolute atomic E-state index is 3.53. The van der Waals surface area contributed by atoms with Gasteiger partial charge in [-0.25, -0.2) is 0 Å². The third-order valence-corrected chi connectivity index (χ3v) is 4.26. The van der Waals surface area contributed by atoms with E-state index in [0.29, 0.717) is 0 Å². The molecule has 0 aromatic heterocycles. The van der Waals surface area contributed by atoms with Crippen molar-refractivity contribution in [3.05, 3.63) is 30.3 Å². The molecular weight excluding hydrogens is 214 g/mol. The van der Waals surface area contributed by atoms with Gasteiger partial charge in [0.1, 0.15) is 0 Å². The maximum Gasteiger partial charge on any atom is 0.0106 e. The van der Waals surface area contributed by atoms with E-state index in [1.807, 2.05) is 11.8 Å². The Bertz CT molecular complexity index is 282. The van der Waals surface area contributed by atoms with Crippen LogP contribution in [0.2, 0.25) is 0 Å². The van der Waals surface area contributed by atoms with Gasteiger partial charge >= 0.3 is 0 Å². The zero-order valence-electron chi connectivity index (χ0n) is 9.82. The summed E-state index contributed by atoms with van der Waals surface area (Å²) in [7, 11) is 0. The summed E-state index contributed by atoms with van der Waals surface area (Å²) in [6.45, 7) is 2.34. The predicted molar refractivity (Wildman–Crippen MR) is 72.0 cm³/mol. The molecule has 0 radical (unpaired) electrons. The van der Waals surface area contributed by atoms with Gasteiger partial charge < -0.3 is 5.32 Å². The average molecular weight is 235 g/mol. The standard InChI is InChI=1S/C14H21NS/c1-2-7-14(8-3-1)16-12-11-15-10-9-13-5-4-6-13/h1-3,7-8,13,15H,4-6,9-12H2. The topological polar surface area (TPSA) is 12.0 Å². The van der Waals surface area contributed by atoms with Crippen LogP contribution in [0.1, 0.15) is 25.7 Å². The van der Waals surface area contributed by atoms with Crippen molar-refractivity contribution in [2.24, 2.45) is 5.92 Å². The van der Waals surface area contributed by atoms with Crippen LogP contribution in [0.5, 0.6) is 0 Å². The van der Waals surface area contributed by atoms with Crippen LogP contribution in [0, 0.1) is 5.92 Å². The second-order valence-electron chi connectivity index (χ2n) is 4.50. The minimum Gasteiger partial charge on any atom is -0.316 e. The van der Waals surface area contributed by atoms with E-state index in [1.54, 1.807) is 0 Å². The van der Waals surface area contributed by atoms with Gasteiger partial charge in [-0.15, -0.1) is 11.8 Å². The van der Waals surface area contributed by atoms with Crippen LogP contribution in [0.15, 0.2) is 35.2 Å². The fourth-order valence-corrected chi connectivity index (χ4v) is 2.80. The first-order valence-corrected chi connectivity index (χ1v) is 7.32. The van der Waals surface area contributed by atoms with Crippen LogP contribution in [-0.4, -0.2) is 18.8 Å². The van der Waals surface area contributed by atoms with Gasteiger partial charge in [0.25, 0.3) is 0 Å². The minimum absolute atomic E-state index is 1.04. The fraction of sp³-hybridized carbons (Fsp3) is 0.571. The molecule has 0 bridgehead atoms. The quantitative estimate of drug-likeness (QED) is 0.573. The van der Waals surface area contributed by atoms with Gasteiger partial charge in [-0.1, -0.05) is 37.5 Å². The van der Waals surface area contributed by atoms with E-state index >= 15 is 0 Å². The highest BCUT2D eigenvalue weighted by Gasteiger charge is 2.15. The third kappa shape index (κ3) is 4.18. The molecule has 0 unspecified atom stereocenters. The summed E-state index contributed by atoms with van der Waals surface area (Å²) in [6, 6.07) is 10.6. The van der Waals surface area contributed by atoms with E-state index in [-0.39, 0.29) is 0 Å². The Kier molecular flexibility index (Phi) is 5.23. The Morgan fingerprint density at radius 1 is 1.12 bits per heavy atom. The molecule has 1 aliphatic carbocycles. The van der Waals surface area contributed by atoms with Crippen molar-refractivity contribution in [3.8, 4) is 0 Å². The molecule has 1 nitrogen and oxygen atoms in total. The van der Waals surface area contributed by atoms with E-state index in [2.05, 4.69) is 35.6 Å². The van der Waals surface area contributed by atoms with E-state index in [1.165, 1.54) is 42.9 Å². The molecule has 0 atom stereocenters. The lowest BCUT2D eigenvalue weighted by Gasteiger charge is -2.25. The Labute approximate surface area is 103 Å². The average Bonchev–Trinajstić information content (AvgIpc) is 2.27. The maximum atomic E-state index is 3.53. The van der Waals surface area contributed by atoms with Crippen molar-refractivity contribution in [1.29, 1.82) is 0 Å². The van der Waals surface area contributed by atoms with Crippen molar-refractivity contribution in [2.75, 3.05) is 18.8 Å². The van der Waals surface area contributed by atoms with E-state index in [0.717, 1.165) is 12.5 Å². The lowest BCUT2D eigenvalue weighted by molar-refractivity contribution is 0.293. The number of rotatable bonds is 7. The molecule has 0 aliphatic heterocycles. The normalized spacial score (nSPS) is 16.0.